The highest BCUT2D eigenvalue weighted by atomic mass is 32.2. The maximum absolute atomic E-state index is 11.6. The van der Waals surface area contributed by atoms with Gasteiger partial charge in [-0.05, 0) is 0 Å². The van der Waals surface area contributed by atoms with Crippen LogP contribution >= 0.6 is 0 Å². The Morgan fingerprint density at radius 3 is 2.56 bits per heavy atom. The van der Waals surface area contributed by atoms with Crippen LogP contribution in [0.4, 0.5) is 4.79 Å². The van der Waals surface area contributed by atoms with Crippen molar-refractivity contribution >= 4 is 21.8 Å². The van der Waals surface area contributed by atoms with Gasteiger partial charge in [0.05, 0.1) is 11.9 Å². The smallest absolute Gasteiger partial charge is 0.326 e. The molecule has 1 aliphatic rings. The van der Waals surface area contributed by atoms with Crippen molar-refractivity contribution in [3.05, 3.63) is 0 Å². The molecule has 0 aliphatic carbocycles. The number of carboxylic acids is 1. The van der Waals surface area contributed by atoms with E-state index in [1.807, 2.05) is 0 Å². The normalized spacial score (nSPS) is 24.0. The molecule has 1 fully saturated rings. The molecule has 2 atom stereocenters. The zero-order valence-corrected chi connectivity index (χ0v) is 10.7. The lowest BCUT2D eigenvalue weighted by Gasteiger charge is -2.21. The van der Waals surface area contributed by atoms with E-state index in [0.29, 0.717) is 0 Å². The van der Waals surface area contributed by atoms with Gasteiger partial charge in [-0.2, -0.15) is 0 Å². The molecule has 0 unspecified atom stereocenters. The number of likely N-dealkylation sites (tertiary alicyclic amines) is 1. The monoisotopic (exact) mass is 280 g/mol. The molecule has 1 rings (SSSR count). The summed E-state index contributed by atoms with van der Waals surface area (Å²) in [6.45, 7) is -0.154. The molecule has 104 valence electrons. The minimum Gasteiger partial charge on any atom is -0.480 e. The van der Waals surface area contributed by atoms with Crippen molar-refractivity contribution in [2.75, 3.05) is 25.1 Å². The molecule has 0 aromatic heterocycles. The maximum atomic E-state index is 11.6. The summed E-state index contributed by atoms with van der Waals surface area (Å²) in [5.41, 5.74) is 0. The van der Waals surface area contributed by atoms with Gasteiger partial charge in [-0.15, -0.1) is 0 Å². The van der Waals surface area contributed by atoms with Crippen molar-refractivity contribution in [1.29, 1.82) is 0 Å². The quantitative estimate of drug-likeness (QED) is 0.561. The average molecular weight is 280 g/mol. The fraction of sp³-hybridized carbons (Fsp3) is 0.778. The number of aliphatic carboxylic acids is 1. The van der Waals surface area contributed by atoms with Gasteiger partial charge in [0, 0.05) is 25.8 Å². The van der Waals surface area contributed by atoms with Crippen LogP contribution in [0.15, 0.2) is 0 Å². The number of carboxylic acid groups (broad SMARTS) is 1. The van der Waals surface area contributed by atoms with Gasteiger partial charge in [-0.25, -0.2) is 18.0 Å². The topological polar surface area (TPSA) is 124 Å². The zero-order valence-electron chi connectivity index (χ0n) is 9.87. The molecule has 2 amide bonds. The van der Waals surface area contributed by atoms with Crippen LogP contribution in [0.1, 0.15) is 6.42 Å². The van der Waals surface area contributed by atoms with Crippen molar-refractivity contribution in [2.45, 2.75) is 18.6 Å². The number of sulfone groups is 1. The largest absolute Gasteiger partial charge is 0.480 e. The predicted octanol–water partition coefficient (Wildman–Crippen LogP) is -1.74. The second-order valence-electron chi connectivity index (χ2n) is 4.26. The van der Waals surface area contributed by atoms with E-state index >= 15 is 0 Å². The van der Waals surface area contributed by atoms with Crippen LogP contribution in [0.2, 0.25) is 0 Å². The molecule has 18 heavy (non-hydrogen) atoms. The maximum Gasteiger partial charge on any atom is 0.326 e. The Bertz CT molecular complexity index is 434. The third-order valence-electron chi connectivity index (χ3n) is 2.57. The lowest BCUT2D eigenvalue weighted by atomic mass is 10.2. The van der Waals surface area contributed by atoms with Gasteiger partial charge in [0.2, 0.25) is 0 Å². The molecule has 3 N–H and O–H groups in total. The number of aliphatic hydroxyl groups excluding tert-OH is 1. The molecule has 0 spiro atoms. The highest BCUT2D eigenvalue weighted by Gasteiger charge is 2.38. The van der Waals surface area contributed by atoms with Crippen LogP contribution in [0.5, 0.6) is 0 Å². The number of aliphatic hydroxyl groups is 1. The number of carbonyl (C=O) groups excluding carboxylic acids is 1. The minimum absolute atomic E-state index is 0.0190. The van der Waals surface area contributed by atoms with Crippen molar-refractivity contribution < 1.29 is 28.2 Å². The molecule has 0 radical (unpaired) electrons. The summed E-state index contributed by atoms with van der Waals surface area (Å²) in [7, 11) is -3.18. The van der Waals surface area contributed by atoms with E-state index in [4.69, 9.17) is 5.11 Å². The van der Waals surface area contributed by atoms with Crippen molar-refractivity contribution in [3.63, 3.8) is 0 Å². The number of rotatable bonds is 4. The average Bonchev–Trinajstić information content (AvgIpc) is 2.58. The SMILES string of the molecule is CS(=O)(=O)CCNC(=O)N1C[C@@H](O)C[C@H]1C(=O)O. The van der Waals surface area contributed by atoms with E-state index < -0.39 is 34.0 Å². The minimum atomic E-state index is -3.18. The Kier molecular flexibility index (Phi) is 4.52. The van der Waals surface area contributed by atoms with E-state index in [2.05, 4.69) is 5.32 Å². The fourth-order valence-corrected chi connectivity index (χ4v) is 2.19. The van der Waals surface area contributed by atoms with Crippen LogP contribution in [-0.4, -0.2) is 72.8 Å². The molecule has 0 aromatic carbocycles. The third-order valence-corrected chi connectivity index (χ3v) is 3.52. The van der Waals surface area contributed by atoms with Gasteiger partial charge in [0.1, 0.15) is 15.9 Å². The lowest BCUT2D eigenvalue weighted by molar-refractivity contribution is -0.141. The lowest BCUT2D eigenvalue weighted by Crippen LogP contribution is -2.47. The van der Waals surface area contributed by atoms with E-state index in [1.54, 1.807) is 0 Å². The van der Waals surface area contributed by atoms with Crippen LogP contribution in [-0.2, 0) is 14.6 Å². The van der Waals surface area contributed by atoms with Gasteiger partial charge in [-0.1, -0.05) is 0 Å². The first kappa shape index (κ1) is 14.7. The molecular weight excluding hydrogens is 264 g/mol. The van der Waals surface area contributed by atoms with Crippen molar-refractivity contribution in [2.24, 2.45) is 0 Å². The number of hydrogen-bond acceptors (Lipinski definition) is 5. The number of β-amino-alcohol motifs (C(OH)–C–C–N with tert-alkyl or cyclic N) is 1. The number of amides is 2. The molecule has 9 heteroatoms. The van der Waals surface area contributed by atoms with Gasteiger partial charge in [0.25, 0.3) is 0 Å². The van der Waals surface area contributed by atoms with Gasteiger partial charge in [0.15, 0.2) is 0 Å². The standard InChI is InChI=1S/C9H16N2O6S/c1-18(16,17)3-2-10-9(15)11-5-6(12)4-7(11)8(13)14/h6-7,12H,2-5H2,1H3,(H,10,15)(H,13,14)/t6-,7-/m0/s1. The Morgan fingerprint density at radius 1 is 1.44 bits per heavy atom. The van der Waals surface area contributed by atoms with Crippen LogP contribution in [0, 0.1) is 0 Å². The summed E-state index contributed by atoms with van der Waals surface area (Å²) >= 11 is 0. The Morgan fingerprint density at radius 2 is 2.06 bits per heavy atom. The first-order chi connectivity index (χ1) is 8.20. The summed E-state index contributed by atoms with van der Waals surface area (Å²) in [4.78, 5) is 23.5. The molecule has 8 nitrogen and oxygen atoms in total. The summed E-state index contributed by atoms with van der Waals surface area (Å²) in [5.74, 6) is -1.41. The van der Waals surface area contributed by atoms with Crippen LogP contribution in [0.3, 0.4) is 0 Å². The zero-order chi connectivity index (χ0) is 13.9. The number of nitrogens with one attached hydrogen (secondary N) is 1. The summed E-state index contributed by atoms with van der Waals surface area (Å²) in [5, 5.41) is 20.5. The first-order valence-corrected chi connectivity index (χ1v) is 7.40. The Hall–Kier alpha value is -1.35. The van der Waals surface area contributed by atoms with Gasteiger partial charge < -0.3 is 20.4 Å². The highest BCUT2D eigenvalue weighted by molar-refractivity contribution is 7.90. The molecule has 1 aliphatic heterocycles. The molecular formula is C9H16N2O6S. The van der Waals surface area contributed by atoms with E-state index in [1.165, 1.54) is 0 Å². The number of carbonyl (C=O) groups is 2. The third kappa shape index (κ3) is 4.15. The summed E-state index contributed by atoms with van der Waals surface area (Å²) < 4.78 is 21.7. The van der Waals surface area contributed by atoms with Crippen molar-refractivity contribution in [1.82, 2.24) is 10.2 Å². The Labute approximate surface area is 104 Å². The first-order valence-electron chi connectivity index (χ1n) is 5.34. The van der Waals surface area contributed by atoms with Gasteiger partial charge >= 0.3 is 12.0 Å². The molecule has 0 bridgehead atoms. The number of urea groups is 1. The second-order valence-corrected chi connectivity index (χ2v) is 6.52. The summed E-state index contributed by atoms with van der Waals surface area (Å²) in [6, 6.07) is -1.75. The predicted molar refractivity (Wildman–Crippen MR) is 61.9 cm³/mol. The summed E-state index contributed by atoms with van der Waals surface area (Å²) in [6.07, 6.45) is 0.153. The van der Waals surface area contributed by atoms with Crippen molar-refractivity contribution in [3.8, 4) is 0 Å². The second kappa shape index (κ2) is 5.53. The highest BCUT2D eigenvalue weighted by Crippen LogP contribution is 2.17. The molecule has 1 heterocycles. The molecule has 1 saturated heterocycles. The van der Waals surface area contributed by atoms with E-state index in [-0.39, 0.29) is 25.3 Å². The molecule has 0 aromatic rings. The number of hydrogen-bond donors (Lipinski definition) is 3. The Balaban J connectivity index is 2.53. The van der Waals surface area contributed by atoms with Gasteiger partial charge in [-0.3, -0.25) is 0 Å². The van der Waals surface area contributed by atoms with Crippen LogP contribution < -0.4 is 5.32 Å². The molecule has 0 saturated carbocycles. The number of nitrogens with zero attached hydrogens (tertiary/aromatic N) is 1. The van der Waals surface area contributed by atoms with E-state index in [0.717, 1.165) is 11.2 Å². The fourth-order valence-electron chi connectivity index (χ4n) is 1.72. The van der Waals surface area contributed by atoms with E-state index in [9.17, 15) is 23.1 Å². The van der Waals surface area contributed by atoms with Crippen LogP contribution in [0.25, 0.3) is 0 Å².